The number of hydrogen-bond donors (Lipinski definition) is 1. The molecule has 28 heavy (non-hydrogen) atoms. The molecule has 1 N–H and O–H groups in total. The molecule has 1 aliphatic rings. The third kappa shape index (κ3) is 4.02. The molecule has 1 unspecified atom stereocenters. The van der Waals surface area contributed by atoms with E-state index in [9.17, 15) is 30.8 Å². The van der Waals surface area contributed by atoms with Crippen LogP contribution in [0.1, 0.15) is 23.6 Å². The average Bonchev–Trinajstić information content (AvgIpc) is 2.83. The number of carbonyl (C=O) groups is 1. The Labute approximate surface area is 159 Å². The van der Waals surface area contributed by atoms with Gasteiger partial charge in [-0.05, 0) is 23.8 Å². The number of benzene rings is 2. The van der Waals surface area contributed by atoms with Crippen LogP contribution in [0.4, 0.5) is 17.6 Å². The van der Waals surface area contributed by atoms with Crippen molar-refractivity contribution in [1.29, 1.82) is 0 Å². The van der Waals surface area contributed by atoms with Gasteiger partial charge in [0.05, 0.1) is 16.5 Å². The summed E-state index contributed by atoms with van der Waals surface area (Å²) in [5.41, 5.74) is -1.13. The fourth-order valence-corrected chi connectivity index (χ4v) is 4.72. The maximum absolute atomic E-state index is 13.6. The van der Waals surface area contributed by atoms with Gasteiger partial charge in [0.2, 0.25) is 15.9 Å². The molecule has 1 aliphatic heterocycles. The Bertz CT molecular complexity index is 978. The molecule has 0 aromatic heterocycles. The second kappa shape index (κ2) is 7.51. The van der Waals surface area contributed by atoms with Crippen LogP contribution in [0.3, 0.4) is 0 Å². The van der Waals surface area contributed by atoms with E-state index in [0.29, 0.717) is 11.6 Å². The first-order valence-corrected chi connectivity index (χ1v) is 9.75. The minimum Gasteiger partial charge on any atom is -0.355 e. The summed E-state index contributed by atoms with van der Waals surface area (Å²) in [7, 11) is -4.43. The second-order valence-corrected chi connectivity index (χ2v) is 8.13. The highest BCUT2D eigenvalue weighted by Crippen LogP contribution is 2.35. The van der Waals surface area contributed by atoms with Gasteiger partial charge in [-0.3, -0.25) is 4.79 Å². The Morgan fingerprint density at radius 2 is 1.75 bits per heavy atom. The van der Waals surface area contributed by atoms with Crippen molar-refractivity contribution in [3.63, 3.8) is 0 Å². The number of nitrogens with zero attached hydrogens (tertiary/aromatic N) is 1. The van der Waals surface area contributed by atoms with E-state index in [-0.39, 0.29) is 31.5 Å². The van der Waals surface area contributed by atoms with Crippen LogP contribution in [0.25, 0.3) is 0 Å². The number of hydrogen-bond acceptors (Lipinski definition) is 3. The highest BCUT2D eigenvalue weighted by Gasteiger charge is 2.39. The van der Waals surface area contributed by atoms with Crippen LogP contribution >= 0.6 is 0 Å². The highest BCUT2D eigenvalue weighted by atomic mass is 32.2. The highest BCUT2D eigenvalue weighted by molar-refractivity contribution is 7.89. The van der Waals surface area contributed by atoms with Gasteiger partial charge in [-0.1, -0.05) is 30.3 Å². The standard InChI is InChI=1S/C18H16F4N2O3S/c19-15-7-6-13(10-14(15)18(20,21)22)28(26,27)24-9-8-23-17(25)11-16(24)12-4-2-1-3-5-12/h1-7,10,16H,8-9,11H2,(H,23,25). The van der Waals surface area contributed by atoms with Crippen molar-refractivity contribution in [2.45, 2.75) is 23.5 Å². The van der Waals surface area contributed by atoms with Gasteiger partial charge in [-0.25, -0.2) is 12.8 Å². The SMILES string of the molecule is O=C1CC(c2ccccc2)N(S(=O)(=O)c2ccc(F)c(C(F)(F)F)c2)CCN1. The maximum atomic E-state index is 13.6. The number of amides is 1. The van der Waals surface area contributed by atoms with Gasteiger partial charge in [0.1, 0.15) is 5.82 Å². The van der Waals surface area contributed by atoms with Crippen molar-refractivity contribution in [3.8, 4) is 0 Å². The summed E-state index contributed by atoms with van der Waals surface area (Å²) in [5, 5.41) is 2.56. The summed E-state index contributed by atoms with van der Waals surface area (Å²) in [4.78, 5) is 11.3. The third-order valence-electron chi connectivity index (χ3n) is 4.41. The molecule has 10 heteroatoms. The van der Waals surface area contributed by atoms with Gasteiger partial charge in [-0.15, -0.1) is 0 Å². The van der Waals surface area contributed by atoms with Crippen molar-refractivity contribution in [2.24, 2.45) is 0 Å². The molecule has 0 radical (unpaired) electrons. The molecule has 3 rings (SSSR count). The van der Waals surface area contributed by atoms with E-state index in [2.05, 4.69) is 5.32 Å². The molecule has 2 aromatic rings. The molecular weight excluding hydrogens is 400 g/mol. The second-order valence-electron chi connectivity index (χ2n) is 6.24. The molecule has 0 saturated carbocycles. The first kappa shape index (κ1) is 20.3. The Morgan fingerprint density at radius 1 is 1.07 bits per heavy atom. The van der Waals surface area contributed by atoms with Crippen LogP contribution in [-0.2, 0) is 21.0 Å². The molecule has 1 heterocycles. The predicted octanol–water partition coefficient (Wildman–Crippen LogP) is 3.10. The lowest BCUT2D eigenvalue weighted by Crippen LogP contribution is -2.36. The average molecular weight is 416 g/mol. The number of carbonyl (C=O) groups excluding carboxylic acids is 1. The van der Waals surface area contributed by atoms with Crippen molar-refractivity contribution in [1.82, 2.24) is 9.62 Å². The van der Waals surface area contributed by atoms with E-state index in [4.69, 9.17) is 0 Å². The lowest BCUT2D eigenvalue weighted by atomic mass is 10.0. The van der Waals surface area contributed by atoms with Crippen LogP contribution < -0.4 is 5.32 Å². The third-order valence-corrected chi connectivity index (χ3v) is 6.32. The van der Waals surface area contributed by atoms with Crippen LogP contribution in [0.5, 0.6) is 0 Å². The molecule has 1 amide bonds. The van der Waals surface area contributed by atoms with E-state index in [1.807, 2.05) is 0 Å². The maximum Gasteiger partial charge on any atom is 0.419 e. The Kier molecular flexibility index (Phi) is 5.44. The Morgan fingerprint density at radius 3 is 2.39 bits per heavy atom. The number of sulfonamides is 1. The summed E-state index contributed by atoms with van der Waals surface area (Å²) in [5.74, 6) is -1.93. The molecule has 0 bridgehead atoms. The van der Waals surface area contributed by atoms with Crippen molar-refractivity contribution in [2.75, 3.05) is 13.1 Å². The van der Waals surface area contributed by atoms with Gasteiger partial charge in [0.15, 0.2) is 0 Å². The lowest BCUT2D eigenvalue weighted by Gasteiger charge is -2.29. The minimum absolute atomic E-state index is 0.00865. The van der Waals surface area contributed by atoms with Crippen molar-refractivity contribution < 1.29 is 30.8 Å². The Balaban J connectivity index is 2.09. The lowest BCUT2D eigenvalue weighted by molar-refractivity contribution is -0.140. The summed E-state index contributed by atoms with van der Waals surface area (Å²) >= 11 is 0. The van der Waals surface area contributed by atoms with Gasteiger partial charge in [0, 0.05) is 19.5 Å². The summed E-state index contributed by atoms with van der Waals surface area (Å²) in [6, 6.07) is 8.99. The summed E-state index contributed by atoms with van der Waals surface area (Å²) in [6.07, 6.45) is -5.22. The molecule has 2 aromatic carbocycles. The van der Waals surface area contributed by atoms with Crippen molar-refractivity contribution >= 4 is 15.9 Å². The predicted molar refractivity (Wildman–Crippen MR) is 92.1 cm³/mol. The molecule has 0 aliphatic carbocycles. The van der Waals surface area contributed by atoms with Crippen molar-refractivity contribution in [3.05, 3.63) is 65.5 Å². The largest absolute Gasteiger partial charge is 0.419 e. The first-order chi connectivity index (χ1) is 13.1. The van der Waals surface area contributed by atoms with Gasteiger partial charge < -0.3 is 5.32 Å². The summed E-state index contributed by atoms with van der Waals surface area (Å²) in [6.45, 7) is -0.124. The number of alkyl halides is 3. The topological polar surface area (TPSA) is 66.5 Å². The number of rotatable bonds is 3. The molecular formula is C18H16F4N2O3S. The van der Waals surface area contributed by atoms with E-state index >= 15 is 0 Å². The normalized spacial score (nSPS) is 19.1. The quantitative estimate of drug-likeness (QED) is 0.782. The molecule has 1 fully saturated rings. The zero-order valence-corrected chi connectivity index (χ0v) is 15.2. The smallest absolute Gasteiger partial charge is 0.355 e. The molecule has 5 nitrogen and oxygen atoms in total. The van der Waals surface area contributed by atoms with Crippen LogP contribution in [-0.4, -0.2) is 31.7 Å². The van der Waals surface area contributed by atoms with Crippen LogP contribution in [0.15, 0.2) is 53.4 Å². The van der Waals surface area contributed by atoms with E-state index in [0.717, 1.165) is 10.4 Å². The molecule has 150 valence electrons. The molecule has 1 saturated heterocycles. The van der Waals surface area contributed by atoms with E-state index < -0.39 is 38.5 Å². The molecule has 0 spiro atoms. The van der Waals surface area contributed by atoms with E-state index in [1.165, 1.54) is 0 Å². The van der Waals surface area contributed by atoms with E-state index in [1.54, 1.807) is 30.3 Å². The minimum atomic E-state index is -5.04. The zero-order chi connectivity index (χ0) is 20.5. The Hall–Kier alpha value is -2.46. The number of halogens is 4. The van der Waals surface area contributed by atoms with Gasteiger partial charge in [-0.2, -0.15) is 17.5 Å². The zero-order valence-electron chi connectivity index (χ0n) is 14.4. The number of nitrogens with one attached hydrogen (secondary N) is 1. The fourth-order valence-electron chi connectivity index (χ4n) is 3.08. The fraction of sp³-hybridized carbons (Fsp3) is 0.278. The first-order valence-electron chi connectivity index (χ1n) is 8.31. The summed E-state index contributed by atoms with van der Waals surface area (Å²) < 4.78 is 79.8. The monoisotopic (exact) mass is 416 g/mol. The van der Waals surface area contributed by atoms with Crippen LogP contribution in [0, 0.1) is 5.82 Å². The van der Waals surface area contributed by atoms with Gasteiger partial charge >= 0.3 is 6.18 Å². The van der Waals surface area contributed by atoms with Gasteiger partial charge in [0.25, 0.3) is 0 Å². The van der Waals surface area contributed by atoms with Crippen LogP contribution in [0.2, 0.25) is 0 Å². The molecule has 1 atom stereocenters.